The molecule has 0 unspecified atom stereocenters. The van der Waals surface area contributed by atoms with Gasteiger partial charge in [-0.05, 0) is 51.8 Å². The number of thioether (sulfide) groups is 1. The number of nitrogens with one attached hydrogen (secondary N) is 2. The molecule has 0 saturated carbocycles. The molecule has 37 heavy (non-hydrogen) atoms. The fourth-order valence-electron chi connectivity index (χ4n) is 3.66. The number of rotatable bonds is 7. The Balaban J connectivity index is 1.89. The van der Waals surface area contributed by atoms with Crippen molar-refractivity contribution < 1.29 is 37.0 Å². The Morgan fingerprint density at radius 1 is 1.22 bits per heavy atom. The lowest BCUT2D eigenvalue weighted by atomic mass is 9.78. The van der Waals surface area contributed by atoms with Crippen LogP contribution in [0.4, 0.5) is 18.9 Å². The van der Waals surface area contributed by atoms with Crippen LogP contribution in [0.2, 0.25) is 0 Å². The monoisotopic (exact) mass is 597 g/mol. The molecule has 0 saturated heterocycles. The first kappa shape index (κ1) is 28.1. The first-order valence-electron chi connectivity index (χ1n) is 10.5. The smallest absolute Gasteiger partial charge is 0.416 e. The number of ether oxygens (including phenoxy) is 2. The predicted octanol–water partition coefficient (Wildman–Crippen LogP) is 4.59. The van der Waals surface area contributed by atoms with Crippen molar-refractivity contribution in [1.82, 2.24) is 5.32 Å². The molecule has 2 aromatic carbocycles. The number of methoxy groups -OCH3 is 2. The lowest BCUT2D eigenvalue weighted by molar-refractivity contribution is -0.150. The van der Waals surface area contributed by atoms with Gasteiger partial charge in [-0.15, -0.1) is 0 Å². The van der Waals surface area contributed by atoms with Gasteiger partial charge in [-0.25, -0.2) is 0 Å². The summed E-state index contributed by atoms with van der Waals surface area (Å²) in [4.78, 5) is 37.9. The van der Waals surface area contributed by atoms with Crippen molar-refractivity contribution in [2.75, 3.05) is 25.3 Å². The molecule has 0 radical (unpaired) electrons. The van der Waals surface area contributed by atoms with Gasteiger partial charge >= 0.3 is 12.1 Å². The van der Waals surface area contributed by atoms with Gasteiger partial charge in [0.1, 0.15) is 11.7 Å². The van der Waals surface area contributed by atoms with Gasteiger partial charge in [0.25, 0.3) is 0 Å². The number of hydrogen-bond acceptors (Lipinski definition) is 7. The molecule has 13 heteroatoms. The molecule has 0 fully saturated rings. The number of halogens is 4. The largest absolute Gasteiger partial charge is 0.496 e. The Morgan fingerprint density at radius 2 is 1.95 bits per heavy atom. The van der Waals surface area contributed by atoms with Crippen molar-refractivity contribution >= 4 is 51.2 Å². The van der Waals surface area contributed by atoms with Crippen LogP contribution in [0, 0.1) is 17.2 Å². The fraction of sp³-hybridized carbons (Fsp3) is 0.250. The van der Waals surface area contributed by atoms with Crippen LogP contribution >= 0.6 is 27.7 Å². The molecular formula is C24H19BrF3N3O5S. The predicted molar refractivity (Wildman–Crippen MR) is 132 cm³/mol. The Bertz CT molecular complexity index is 1310. The van der Waals surface area contributed by atoms with Crippen LogP contribution < -0.4 is 15.4 Å². The van der Waals surface area contributed by atoms with Crippen LogP contribution in [-0.4, -0.2) is 37.8 Å². The van der Waals surface area contributed by atoms with E-state index < -0.39 is 41.4 Å². The summed E-state index contributed by atoms with van der Waals surface area (Å²) in [6.45, 7) is 0. The zero-order chi connectivity index (χ0) is 27.3. The Hall–Kier alpha value is -3.50. The summed E-state index contributed by atoms with van der Waals surface area (Å²) in [6, 6.07) is 11.0. The van der Waals surface area contributed by atoms with E-state index in [4.69, 9.17) is 9.47 Å². The number of carbonyl (C=O) groups is 3. The van der Waals surface area contributed by atoms with Crippen LogP contribution in [-0.2, 0) is 25.3 Å². The highest BCUT2D eigenvalue weighted by Gasteiger charge is 2.44. The van der Waals surface area contributed by atoms with Crippen LogP contribution in [0.1, 0.15) is 17.0 Å². The molecule has 2 amide bonds. The summed E-state index contributed by atoms with van der Waals surface area (Å²) in [5.74, 6) is -4.49. The van der Waals surface area contributed by atoms with Gasteiger partial charge < -0.3 is 20.1 Å². The highest BCUT2D eigenvalue weighted by molar-refractivity contribution is 9.10. The third-order valence-corrected chi connectivity index (χ3v) is 6.98. The van der Waals surface area contributed by atoms with E-state index >= 15 is 0 Å². The van der Waals surface area contributed by atoms with E-state index in [0.717, 1.165) is 37.1 Å². The second-order valence-corrected chi connectivity index (χ2v) is 9.47. The number of esters is 1. The molecule has 8 nitrogen and oxygen atoms in total. The number of nitriles is 1. The molecule has 0 bridgehead atoms. The van der Waals surface area contributed by atoms with Gasteiger partial charge in [-0.3, -0.25) is 14.4 Å². The molecular weight excluding hydrogens is 579 g/mol. The zero-order valence-corrected chi connectivity index (χ0v) is 21.7. The number of nitrogens with zero attached hydrogens (tertiary/aromatic N) is 1. The van der Waals surface area contributed by atoms with E-state index in [1.54, 1.807) is 18.2 Å². The standard InChI is InChI=1S/C24H19BrF3N3O5S/c1-35-17-7-6-12(8-16(17)25)19-15(10-29)22(31-21(33)20(19)23(34)36-2)37-11-18(32)30-14-5-3-4-13(9-14)24(26,27)28/h3-9,19-20H,11H2,1-2H3,(H,30,32)(H,31,33)/t19-,20+/m1/s1. The molecule has 0 aliphatic carbocycles. The molecule has 1 aliphatic rings. The first-order chi connectivity index (χ1) is 17.5. The third-order valence-electron chi connectivity index (χ3n) is 5.34. The van der Waals surface area contributed by atoms with Crippen molar-refractivity contribution in [2.45, 2.75) is 12.1 Å². The van der Waals surface area contributed by atoms with Gasteiger partial charge in [0, 0.05) is 11.6 Å². The molecule has 0 aromatic heterocycles. The Kier molecular flexibility index (Phi) is 8.88. The van der Waals surface area contributed by atoms with Crippen molar-refractivity contribution in [3.8, 4) is 11.8 Å². The zero-order valence-electron chi connectivity index (χ0n) is 19.3. The number of anilines is 1. The molecule has 2 atom stereocenters. The van der Waals surface area contributed by atoms with Crippen molar-refractivity contribution in [1.29, 1.82) is 5.26 Å². The second kappa shape index (κ2) is 11.7. The maximum Gasteiger partial charge on any atom is 0.416 e. The molecule has 1 aliphatic heterocycles. The number of benzene rings is 2. The molecule has 2 N–H and O–H groups in total. The molecule has 0 spiro atoms. The quantitative estimate of drug-likeness (QED) is 0.354. The van der Waals surface area contributed by atoms with E-state index in [0.29, 0.717) is 15.8 Å². The Labute approximate surface area is 222 Å². The minimum atomic E-state index is -4.57. The van der Waals surface area contributed by atoms with Crippen LogP contribution in [0.15, 0.2) is 57.5 Å². The van der Waals surface area contributed by atoms with E-state index in [1.165, 1.54) is 13.2 Å². The number of hydrogen-bond donors (Lipinski definition) is 2. The molecule has 2 aromatic rings. The minimum absolute atomic E-state index is 0.0175. The van der Waals surface area contributed by atoms with Crippen molar-refractivity contribution in [3.05, 3.63) is 68.7 Å². The average molecular weight is 598 g/mol. The maximum absolute atomic E-state index is 12.9. The van der Waals surface area contributed by atoms with Gasteiger partial charge in [0.05, 0.1) is 46.7 Å². The Morgan fingerprint density at radius 3 is 2.54 bits per heavy atom. The summed E-state index contributed by atoms with van der Waals surface area (Å²) >= 11 is 4.15. The summed E-state index contributed by atoms with van der Waals surface area (Å²) in [5.41, 5.74) is -0.520. The topological polar surface area (TPSA) is 118 Å². The molecule has 194 valence electrons. The number of amides is 2. The molecule has 3 rings (SSSR count). The van der Waals surface area contributed by atoms with Gasteiger partial charge in [-0.1, -0.05) is 23.9 Å². The van der Waals surface area contributed by atoms with Crippen molar-refractivity contribution in [3.63, 3.8) is 0 Å². The maximum atomic E-state index is 12.9. The summed E-state index contributed by atoms with van der Waals surface area (Å²) < 4.78 is 49.3. The van der Waals surface area contributed by atoms with E-state index in [9.17, 15) is 32.8 Å². The van der Waals surface area contributed by atoms with Gasteiger partial charge in [0.2, 0.25) is 11.8 Å². The minimum Gasteiger partial charge on any atom is -0.496 e. The highest BCUT2D eigenvalue weighted by Crippen LogP contribution is 2.42. The summed E-state index contributed by atoms with van der Waals surface area (Å²) in [6.07, 6.45) is -4.57. The number of carbonyl (C=O) groups excluding carboxylic acids is 3. The summed E-state index contributed by atoms with van der Waals surface area (Å²) in [5, 5.41) is 14.9. The van der Waals surface area contributed by atoms with E-state index in [2.05, 4.69) is 26.6 Å². The van der Waals surface area contributed by atoms with Crippen LogP contribution in [0.5, 0.6) is 5.75 Å². The van der Waals surface area contributed by atoms with E-state index in [-0.39, 0.29) is 22.0 Å². The van der Waals surface area contributed by atoms with Crippen LogP contribution in [0.25, 0.3) is 0 Å². The SMILES string of the molecule is COC(=O)[C@@H]1C(=O)NC(SCC(=O)Nc2cccc(C(F)(F)F)c2)=C(C#N)[C@H]1c1ccc(OC)c(Br)c1. The fourth-order valence-corrected chi connectivity index (χ4v) is 5.07. The highest BCUT2D eigenvalue weighted by atomic mass is 79.9. The summed E-state index contributed by atoms with van der Waals surface area (Å²) in [7, 11) is 2.58. The average Bonchev–Trinajstić information content (AvgIpc) is 2.86. The third kappa shape index (κ3) is 6.44. The van der Waals surface area contributed by atoms with Crippen molar-refractivity contribution in [2.24, 2.45) is 5.92 Å². The normalized spacial score (nSPS) is 17.5. The number of allylic oxidation sites excluding steroid dienone is 1. The lowest BCUT2D eigenvalue weighted by Gasteiger charge is -2.31. The van der Waals surface area contributed by atoms with Gasteiger partial charge in [0.15, 0.2) is 0 Å². The first-order valence-corrected chi connectivity index (χ1v) is 12.2. The van der Waals surface area contributed by atoms with E-state index in [1.807, 2.05) is 6.07 Å². The lowest BCUT2D eigenvalue weighted by Crippen LogP contribution is -2.44. The van der Waals surface area contributed by atoms with Gasteiger partial charge in [-0.2, -0.15) is 18.4 Å². The second-order valence-electron chi connectivity index (χ2n) is 7.63. The number of alkyl halides is 3. The van der Waals surface area contributed by atoms with Crippen LogP contribution in [0.3, 0.4) is 0 Å². The molecule has 1 heterocycles.